The number of carbonyl (C=O) groups is 3. The van der Waals surface area contributed by atoms with E-state index in [2.05, 4.69) is 30.2 Å². The Labute approximate surface area is 251 Å². The third-order valence-corrected chi connectivity index (χ3v) is 7.21. The first-order valence-electron chi connectivity index (χ1n) is 13.7. The normalized spacial score (nSPS) is 16.8. The smallest absolute Gasteiger partial charge is 0.388 e. The third kappa shape index (κ3) is 6.16. The number of rotatable bonds is 7. The zero-order valence-corrected chi connectivity index (χ0v) is 23.7. The van der Waals surface area contributed by atoms with Gasteiger partial charge in [-0.15, -0.1) is 13.2 Å². The van der Waals surface area contributed by atoms with Crippen LogP contribution in [0, 0.1) is 6.92 Å². The first-order valence-corrected chi connectivity index (χ1v) is 13.7. The molecule has 1 aliphatic rings. The van der Waals surface area contributed by atoms with Crippen molar-refractivity contribution in [2.75, 3.05) is 11.9 Å². The number of Topliss-reactive ketones (excluding diaryl/α,β-unsaturated/α-hetero) is 1. The summed E-state index contributed by atoms with van der Waals surface area (Å²) in [5, 5.41) is 11.5. The molecule has 0 unspecified atom stereocenters. The molecule has 232 valence electrons. The van der Waals surface area contributed by atoms with Crippen LogP contribution in [-0.4, -0.2) is 77.0 Å². The van der Waals surface area contributed by atoms with Gasteiger partial charge in [0.25, 0.3) is 0 Å². The van der Waals surface area contributed by atoms with Crippen molar-refractivity contribution in [3.63, 3.8) is 0 Å². The van der Waals surface area contributed by atoms with Crippen molar-refractivity contribution in [3.8, 4) is 17.0 Å². The molecule has 0 bridgehead atoms. The predicted octanol–water partition coefficient (Wildman–Crippen LogP) is 4.13. The molecule has 0 aliphatic carbocycles. The van der Waals surface area contributed by atoms with Gasteiger partial charge in [0.1, 0.15) is 30.3 Å². The molecule has 1 aromatic carbocycles. The molecule has 12 nitrogen and oxygen atoms in total. The number of aromatic nitrogens is 6. The summed E-state index contributed by atoms with van der Waals surface area (Å²) in [6.45, 7) is 2.41. The minimum Gasteiger partial charge on any atom is -0.388 e. The van der Waals surface area contributed by atoms with Crippen LogP contribution >= 0.6 is 0 Å². The number of ether oxygens (including phenoxy) is 1. The number of carbonyl (C=O) groups excluding carboxylic acids is 3. The molecule has 6 rings (SSSR count). The minimum atomic E-state index is -4.99. The number of alkyl halides is 4. The Hall–Kier alpha value is -5.41. The molecule has 0 spiro atoms. The highest BCUT2D eigenvalue weighted by Gasteiger charge is 2.40. The van der Waals surface area contributed by atoms with E-state index in [4.69, 9.17) is 0 Å². The van der Waals surface area contributed by atoms with Crippen LogP contribution in [-0.2, 0) is 16.1 Å². The maximum absolute atomic E-state index is 14.5. The highest BCUT2D eigenvalue weighted by molar-refractivity contribution is 6.06. The van der Waals surface area contributed by atoms with E-state index in [1.807, 2.05) is 13.0 Å². The number of amides is 2. The monoisotopic (exact) mass is 624 g/mol. The van der Waals surface area contributed by atoms with Crippen molar-refractivity contribution in [1.29, 1.82) is 0 Å². The number of anilines is 1. The van der Waals surface area contributed by atoms with Crippen molar-refractivity contribution in [3.05, 3.63) is 66.2 Å². The number of likely N-dealkylation sites (tertiary alicyclic amines) is 1. The molecule has 45 heavy (non-hydrogen) atoms. The number of benzene rings is 1. The summed E-state index contributed by atoms with van der Waals surface area (Å²) in [6.07, 6.45) is -3.35. The van der Waals surface area contributed by atoms with Gasteiger partial charge in [-0.1, -0.05) is 12.1 Å². The first kappa shape index (κ1) is 29.7. The Morgan fingerprint density at radius 3 is 2.64 bits per heavy atom. The lowest BCUT2D eigenvalue weighted by molar-refractivity contribution is -0.276. The SMILES string of the molecule is CC(=O)c1nn(CC(=O)N2C[C@H](F)C[C@H]2C(=O)Nc2cccc(OC(F)(F)F)n2)c2ccc(-c3cnc4cc(C)nn4c3)cc12. The van der Waals surface area contributed by atoms with Gasteiger partial charge in [0, 0.05) is 48.8 Å². The van der Waals surface area contributed by atoms with Gasteiger partial charge in [-0.25, -0.2) is 13.9 Å². The molecule has 1 saturated heterocycles. The van der Waals surface area contributed by atoms with Gasteiger partial charge in [0.2, 0.25) is 17.7 Å². The fraction of sp³-hybridized carbons (Fsp3) is 0.276. The average molecular weight is 625 g/mol. The van der Waals surface area contributed by atoms with Crippen LogP contribution < -0.4 is 10.1 Å². The summed E-state index contributed by atoms with van der Waals surface area (Å²) in [5.41, 5.74) is 3.53. The van der Waals surface area contributed by atoms with Crippen molar-refractivity contribution in [1.82, 2.24) is 34.3 Å². The topological polar surface area (TPSA) is 137 Å². The number of halogens is 4. The summed E-state index contributed by atoms with van der Waals surface area (Å²) in [6, 6.07) is 9.17. The summed E-state index contributed by atoms with van der Waals surface area (Å²) in [4.78, 5) is 48.0. The lowest BCUT2D eigenvalue weighted by atomic mass is 10.0. The number of hydrogen-bond donors (Lipinski definition) is 1. The zero-order chi connectivity index (χ0) is 32.0. The van der Waals surface area contributed by atoms with Crippen molar-refractivity contribution < 1.29 is 36.7 Å². The van der Waals surface area contributed by atoms with Crippen LogP contribution in [0.25, 0.3) is 27.7 Å². The third-order valence-electron chi connectivity index (χ3n) is 7.21. The van der Waals surface area contributed by atoms with Crippen LogP contribution in [0.5, 0.6) is 5.88 Å². The van der Waals surface area contributed by atoms with E-state index in [1.165, 1.54) is 23.7 Å². The minimum absolute atomic E-state index is 0.120. The van der Waals surface area contributed by atoms with E-state index in [9.17, 15) is 31.9 Å². The van der Waals surface area contributed by atoms with Crippen LogP contribution in [0.4, 0.5) is 23.4 Å². The quantitative estimate of drug-likeness (QED) is 0.211. The number of hydrogen-bond acceptors (Lipinski definition) is 8. The van der Waals surface area contributed by atoms with Gasteiger partial charge < -0.3 is 15.0 Å². The molecule has 0 saturated carbocycles. The van der Waals surface area contributed by atoms with Gasteiger partial charge in [-0.2, -0.15) is 15.2 Å². The molecule has 5 aromatic rings. The summed E-state index contributed by atoms with van der Waals surface area (Å²) in [7, 11) is 0. The van der Waals surface area contributed by atoms with E-state index >= 15 is 0 Å². The van der Waals surface area contributed by atoms with Crippen LogP contribution in [0.3, 0.4) is 0 Å². The number of aryl methyl sites for hydroxylation is 1. The summed E-state index contributed by atoms with van der Waals surface area (Å²) in [5.74, 6) is -2.90. The molecule has 0 radical (unpaired) electrons. The molecule has 16 heteroatoms. The van der Waals surface area contributed by atoms with E-state index in [1.54, 1.807) is 35.1 Å². The molecule has 1 fully saturated rings. The Morgan fingerprint density at radius 1 is 1.09 bits per heavy atom. The second-order valence-corrected chi connectivity index (χ2v) is 10.5. The molecule has 1 aliphatic heterocycles. The maximum atomic E-state index is 14.5. The first-order chi connectivity index (χ1) is 21.3. The Bertz CT molecular complexity index is 1970. The number of ketones is 1. The van der Waals surface area contributed by atoms with Crippen LogP contribution in [0.1, 0.15) is 29.5 Å². The van der Waals surface area contributed by atoms with Gasteiger partial charge in [0.15, 0.2) is 11.4 Å². The summed E-state index contributed by atoms with van der Waals surface area (Å²) >= 11 is 0. The Morgan fingerprint density at radius 2 is 1.89 bits per heavy atom. The molecular weight excluding hydrogens is 600 g/mol. The summed E-state index contributed by atoms with van der Waals surface area (Å²) < 4.78 is 59.0. The predicted molar refractivity (Wildman–Crippen MR) is 151 cm³/mol. The fourth-order valence-electron chi connectivity index (χ4n) is 5.28. The van der Waals surface area contributed by atoms with E-state index in [-0.39, 0.29) is 30.3 Å². The van der Waals surface area contributed by atoms with Gasteiger partial charge in [-0.3, -0.25) is 19.1 Å². The van der Waals surface area contributed by atoms with Crippen LogP contribution in [0.2, 0.25) is 0 Å². The number of pyridine rings is 1. The van der Waals surface area contributed by atoms with Crippen molar-refractivity contribution in [2.45, 2.75) is 45.4 Å². The largest absolute Gasteiger partial charge is 0.574 e. The highest BCUT2D eigenvalue weighted by Crippen LogP contribution is 2.29. The van der Waals surface area contributed by atoms with Crippen molar-refractivity contribution >= 4 is 40.0 Å². The second-order valence-electron chi connectivity index (χ2n) is 10.5. The molecule has 2 atom stereocenters. The molecule has 4 aromatic heterocycles. The number of nitrogens with zero attached hydrogens (tertiary/aromatic N) is 7. The van der Waals surface area contributed by atoms with Crippen molar-refractivity contribution in [2.24, 2.45) is 0 Å². The fourth-order valence-corrected chi connectivity index (χ4v) is 5.28. The second kappa shape index (κ2) is 11.3. The van der Waals surface area contributed by atoms with E-state index in [0.29, 0.717) is 16.6 Å². The van der Waals surface area contributed by atoms with Gasteiger partial charge in [0.05, 0.1) is 17.8 Å². The zero-order valence-electron chi connectivity index (χ0n) is 23.7. The lowest BCUT2D eigenvalue weighted by Crippen LogP contribution is -2.44. The maximum Gasteiger partial charge on any atom is 0.574 e. The highest BCUT2D eigenvalue weighted by atomic mass is 19.4. The average Bonchev–Trinajstić information content (AvgIpc) is 3.65. The van der Waals surface area contributed by atoms with Crippen LogP contribution in [0.15, 0.2) is 54.9 Å². The lowest BCUT2D eigenvalue weighted by Gasteiger charge is -2.23. The molecule has 5 heterocycles. The van der Waals surface area contributed by atoms with Gasteiger partial charge in [-0.05, 0) is 30.7 Å². The van der Waals surface area contributed by atoms with E-state index in [0.717, 1.165) is 27.8 Å². The molecular formula is C29H24F4N8O4. The standard InChI is InChI=1S/C29H24F4N8O4/c1-15-8-24-34-11-18(12-41(24)37-15)17-6-7-21-20(9-17)27(16(2)42)38-40(21)14-26(43)39-13-19(30)10-22(39)28(44)36-23-4-3-5-25(35-23)45-29(31,32)33/h3-9,11-12,19,22H,10,13-14H2,1-2H3,(H,35,36,44)/t19-,22+/m1/s1. The molecule has 1 N–H and O–H groups in total. The Kier molecular flexibility index (Phi) is 7.42. The number of nitrogens with one attached hydrogen (secondary N) is 1. The Balaban J connectivity index is 1.24. The number of fused-ring (bicyclic) bond motifs is 2. The van der Waals surface area contributed by atoms with E-state index < -0.39 is 42.8 Å². The van der Waals surface area contributed by atoms with Gasteiger partial charge >= 0.3 is 6.36 Å². The molecule has 2 amide bonds.